The minimum atomic E-state index is 0.0662. The third kappa shape index (κ3) is 4.14. The third-order valence-electron chi connectivity index (χ3n) is 4.76. The zero-order valence-electron chi connectivity index (χ0n) is 14.8. The number of hydrogen-bond acceptors (Lipinski definition) is 4. The lowest BCUT2D eigenvalue weighted by Gasteiger charge is -2.36. The standard InChI is InChI=1S/C21H20ClN3O2/c22-17-7-4-8-18(13-17)24-9-11-25(12-10-24)21(26)15-19-14-20(23-27-19)16-5-2-1-3-6-16/h1-8,13-14H,9-12,15H2. The molecule has 3 aromatic rings. The van der Waals surface area contributed by atoms with Crippen LogP contribution in [0.25, 0.3) is 11.3 Å². The highest BCUT2D eigenvalue weighted by Crippen LogP contribution is 2.22. The molecule has 0 atom stereocenters. The zero-order chi connectivity index (χ0) is 18.6. The minimum Gasteiger partial charge on any atom is -0.368 e. The highest BCUT2D eigenvalue weighted by molar-refractivity contribution is 6.30. The van der Waals surface area contributed by atoms with E-state index in [9.17, 15) is 4.79 Å². The van der Waals surface area contributed by atoms with Crippen molar-refractivity contribution in [2.75, 3.05) is 31.1 Å². The van der Waals surface area contributed by atoms with Crippen LogP contribution in [0.2, 0.25) is 5.02 Å². The molecule has 4 rings (SSSR count). The first-order valence-electron chi connectivity index (χ1n) is 8.98. The number of anilines is 1. The summed E-state index contributed by atoms with van der Waals surface area (Å²) in [4.78, 5) is 16.7. The van der Waals surface area contributed by atoms with E-state index in [0.717, 1.165) is 35.1 Å². The van der Waals surface area contributed by atoms with Gasteiger partial charge in [0, 0.05) is 48.5 Å². The predicted molar refractivity (Wildman–Crippen MR) is 106 cm³/mol. The molecule has 1 saturated heterocycles. The molecule has 0 N–H and O–H groups in total. The average Bonchev–Trinajstić information content (AvgIpc) is 3.17. The monoisotopic (exact) mass is 381 g/mol. The molecule has 5 nitrogen and oxygen atoms in total. The first kappa shape index (κ1) is 17.6. The summed E-state index contributed by atoms with van der Waals surface area (Å²) < 4.78 is 5.36. The number of aromatic nitrogens is 1. The second-order valence-corrected chi connectivity index (χ2v) is 7.01. The van der Waals surface area contributed by atoms with Crippen molar-refractivity contribution >= 4 is 23.2 Å². The van der Waals surface area contributed by atoms with Gasteiger partial charge >= 0.3 is 0 Å². The fraction of sp³-hybridized carbons (Fsp3) is 0.238. The number of amides is 1. The lowest BCUT2D eigenvalue weighted by molar-refractivity contribution is -0.131. The summed E-state index contributed by atoms with van der Waals surface area (Å²) >= 11 is 6.07. The lowest BCUT2D eigenvalue weighted by Crippen LogP contribution is -2.49. The van der Waals surface area contributed by atoms with Crippen LogP contribution >= 0.6 is 11.6 Å². The normalized spacial score (nSPS) is 14.4. The molecule has 6 heteroatoms. The molecule has 2 aromatic carbocycles. The van der Waals surface area contributed by atoms with Crippen molar-refractivity contribution in [2.45, 2.75) is 6.42 Å². The number of carbonyl (C=O) groups is 1. The molecule has 1 fully saturated rings. The van der Waals surface area contributed by atoms with Gasteiger partial charge in [0.05, 0.1) is 6.42 Å². The molecule has 1 aliphatic rings. The summed E-state index contributed by atoms with van der Waals surface area (Å²) in [5.74, 6) is 0.660. The molecular formula is C21H20ClN3O2. The van der Waals surface area contributed by atoms with Crippen molar-refractivity contribution < 1.29 is 9.32 Å². The van der Waals surface area contributed by atoms with Gasteiger partial charge in [-0.25, -0.2) is 0 Å². The van der Waals surface area contributed by atoms with Crippen LogP contribution in [0.15, 0.2) is 65.2 Å². The van der Waals surface area contributed by atoms with Gasteiger partial charge in [-0.2, -0.15) is 0 Å². The Morgan fingerprint density at radius 3 is 2.52 bits per heavy atom. The number of halogens is 1. The number of rotatable bonds is 4. The van der Waals surface area contributed by atoms with E-state index in [0.29, 0.717) is 18.8 Å². The van der Waals surface area contributed by atoms with Crippen molar-refractivity contribution in [3.63, 3.8) is 0 Å². The van der Waals surface area contributed by atoms with Gasteiger partial charge in [0.1, 0.15) is 11.5 Å². The van der Waals surface area contributed by atoms with Gasteiger partial charge in [0.25, 0.3) is 0 Å². The first-order chi connectivity index (χ1) is 13.2. The summed E-state index contributed by atoms with van der Waals surface area (Å²) in [6.45, 7) is 2.95. The Morgan fingerprint density at radius 2 is 1.78 bits per heavy atom. The Bertz CT molecular complexity index is 918. The van der Waals surface area contributed by atoms with Crippen LogP contribution in [-0.2, 0) is 11.2 Å². The van der Waals surface area contributed by atoms with Crippen molar-refractivity contribution in [3.05, 3.63) is 71.4 Å². The smallest absolute Gasteiger partial charge is 0.230 e. The molecule has 138 valence electrons. The molecule has 0 saturated carbocycles. The van der Waals surface area contributed by atoms with E-state index >= 15 is 0 Å². The number of nitrogens with zero attached hydrogens (tertiary/aromatic N) is 3. The summed E-state index contributed by atoms with van der Waals surface area (Å²) in [6, 6.07) is 19.5. The minimum absolute atomic E-state index is 0.0662. The topological polar surface area (TPSA) is 49.6 Å². The fourth-order valence-electron chi connectivity index (χ4n) is 3.29. The van der Waals surface area contributed by atoms with E-state index in [1.807, 2.05) is 65.6 Å². The predicted octanol–water partition coefficient (Wildman–Crippen LogP) is 3.89. The molecule has 0 spiro atoms. The molecule has 0 aliphatic carbocycles. The van der Waals surface area contributed by atoms with Crippen LogP contribution < -0.4 is 4.90 Å². The van der Waals surface area contributed by atoms with E-state index in [1.165, 1.54) is 0 Å². The van der Waals surface area contributed by atoms with Crippen LogP contribution in [0.1, 0.15) is 5.76 Å². The number of piperazine rings is 1. The Balaban J connectivity index is 1.34. The average molecular weight is 382 g/mol. The van der Waals surface area contributed by atoms with E-state index in [-0.39, 0.29) is 12.3 Å². The molecule has 2 heterocycles. The number of hydrogen-bond donors (Lipinski definition) is 0. The van der Waals surface area contributed by atoms with Gasteiger partial charge in [0.15, 0.2) is 0 Å². The quantitative estimate of drug-likeness (QED) is 0.688. The van der Waals surface area contributed by atoms with Crippen LogP contribution in [0, 0.1) is 0 Å². The SMILES string of the molecule is O=C(Cc1cc(-c2ccccc2)no1)N1CCN(c2cccc(Cl)c2)CC1. The van der Waals surface area contributed by atoms with E-state index in [2.05, 4.69) is 10.1 Å². The summed E-state index contributed by atoms with van der Waals surface area (Å²) in [7, 11) is 0. The first-order valence-corrected chi connectivity index (χ1v) is 9.36. The second-order valence-electron chi connectivity index (χ2n) is 6.57. The van der Waals surface area contributed by atoms with Gasteiger partial charge < -0.3 is 14.3 Å². The Labute approximate surface area is 163 Å². The van der Waals surface area contributed by atoms with E-state index < -0.39 is 0 Å². The third-order valence-corrected chi connectivity index (χ3v) is 4.99. The number of carbonyl (C=O) groups excluding carboxylic acids is 1. The molecule has 0 radical (unpaired) electrons. The molecule has 0 unspecified atom stereocenters. The molecular weight excluding hydrogens is 362 g/mol. The summed E-state index contributed by atoms with van der Waals surface area (Å²) in [6.07, 6.45) is 0.233. The summed E-state index contributed by atoms with van der Waals surface area (Å²) in [5, 5.41) is 4.81. The Morgan fingerprint density at radius 1 is 1.00 bits per heavy atom. The molecule has 1 amide bonds. The maximum Gasteiger partial charge on any atom is 0.230 e. The maximum atomic E-state index is 12.6. The highest BCUT2D eigenvalue weighted by Gasteiger charge is 2.22. The zero-order valence-corrected chi connectivity index (χ0v) is 15.6. The van der Waals surface area contributed by atoms with E-state index in [4.69, 9.17) is 16.1 Å². The van der Waals surface area contributed by atoms with Crippen LogP contribution in [0.4, 0.5) is 5.69 Å². The van der Waals surface area contributed by atoms with Crippen LogP contribution in [0.5, 0.6) is 0 Å². The van der Waals surface area contributed by atoms with Crippen molar-refractivity contribution in [1.82, 2.24) is 10.1 Å². The molecule has 27 heavy (non-hydrogen) atoms. The summed E-state index contributed by atoms with van der Waals surface area (Å²) in [5.41, 5.74) is 2.83. The van der Waals surface area contributed by atoms with Gasteiger partial charge in [-0.05, 0) is 18.2 Å². The molecule has 1 aliphatic heterocycles. The fourth-order valence-corrected chi connectivity index (χ4v) is 3.47. The van der Waals surface area contributed by atoms with Gasteiger partial charge in [-0.1, -0.05) is 53.2 Å². The second kappa shape index (κ2) is 7.84. The molecule has 1 aromatic heterocycles. The maximum absolute atomic E-state index is 12.6. The Hall–Kier alpha value is -2.79. The van der Waals surface area contributed by atoms with Crippen molar-refractivity contribution in [1.29, 1.82) is 0 Å². The van der Waals surface area contributed by atoms with Crippen LogP contribution in [0.3, 0.4) is 0 Å². The van der Waals surface area contributed by atoms with E-state index in [1.54, 1.807) is 0 Å². The Kier molecular flexibility index (Phi) is 5.12. The van der Waals surface area contributed by atoms with Gasteiger partial charge in [-0.15, -0.1) is 0 Å². The highest BCUT2D eigenvalue weighted by atomic mass is 35.5. The van der Waals surface area contributed by atoms with Gasteiger partial charge in [-0.3, -0.25) is 4.79 Å². The largest absolute Gasteiger partial charge is 0.368 e. The van der Waals surface area contributed by atoms with Crippen LogP contribution in [-0.4, -0.2) is 42.1 Å². The van der Waals surface area contributed by atoms with Crippen molar-refractivity contribution in [3.8, 4) is 11.3 Å². The van der Waals surface area contributed by atoms with Gasteiger partial charge in [0.2, 0.25) is 5.91 Å². The lowest BCUT2D eigenvalue weighted by atomic mass is 10.1. The number of benzene rings is 2. The van der Waals surface area contributed by atoms with Crippen molar-refractivity contribution in [2.24, 2.45) is 0 Å². The molecule has 0 bridgehead atoms.